The Balaban J connectivity index is 1.88. The van der Waals surface area contributed by atoms with Gasteiger partial charge in [-0.15, -0.1) is 0 Å². The van der Waals surface area contributed by atoms with Crippen LogP contribution < -0.4 is 0 Å². The average molecular weight is 273 g/mol. The molecule has 20 heavy (non-hydrogen) atoms. The van der Waals surface area contributed by atoms with E-state index in [9.17, 15) is 4.79 Å². The third kappa shape index (κ3) is 4.17. The highest BCUT2D eigenvalue weighted by atomic mass is 16.1. The van der Waals surface area contributed by atoms with Crippen molar-refractivity contribution in [2.24, 2.45) is 11.8 Å². The molecule has 0 radical (unpaired) electrons. The zero-order chi connectivity index (χ0) is 14.4. The molecule has 110 valence electrons. The van der Waals surface area contributed by atoms with Gasteiger partial charge in [0.15, 0.2) is 5.78 Å². The van der Waals surface area contributed by atoms with Gasteiger partial charge in [-0.25, -0.2) is 0 Å². The molecule has 0 amide bonds. The van der Waals surface area contributed by atoms with Gasteiger partial charge in [-0.1, -0.05) is 50.6 Å². The molecule has 1 aliphatic rings. The number of hydrogen-bond donors (Lipinski definition) is 0. The van der Waals surface area contributed by atoms with Crippen molar-refractivity contribution < 1.29 is 4.79 Å². The van der Waals surface area contributed by atoms with Crippen LogP contribution in [0.25, 0.3) is 0 Å². The highest BCUT2D eigenvalue weighted by Crippen LogP contribution is 2.21. The van der Waals surface area contributed by atoms with Gasteiger partial charge in [0.25, 0.3) is 0 Å². The van der Waals surface area contributed by atoms with Crippen LogP contribution in [-0.4, -0.2) is 30.3 Å². The Morgan fingerprint density at radius 2 is 2.00 bits per heavy atom. The minimum atomic E-state index is 0.0931. The molecule has 0 aromatic heterocycles. The summed E-state index contributed by atoms with van der Waals surface area (Å²) >= 11 is 0. The van der Waals surface area contributed by atoms with E-state index >= 15 is 0 Å². The molecule has 1 aromatic carbocycles. The molecule has 2 nitrogen and oxygen atoms in total. The number of likely N-dealkylation sites (tertiary alicyclic amines) is 1. The van der Waals surface area contributed by atoms with E-state index < -0.39 is 0 Å². The smallest absolute Gasteiger partial charge is 0.166 e. The maximum atomic E-state index is 12.4. The first-order chi connectivity index (χ1) is 9.70. The summed E-state index contributed by atoms with van der Waals surface area (Å²) in [6.07, 6.45) is 5.23. The van der Waals surface area contributed by atoms with Gasteiger partial charge < -0.3 is 4.90 Å². The quantitative estimate of drug-likeness (QED) is 0.755. The first-order valence-corrected chi connectivity index (χ1v) is 8.02. The summed E-state index contributed by atoms with van der Waals surface area (Å²) in [6, 6.07) is 9.69. The van der Waals surface area contributed by atoms with Gasteiger partial charge in [0, 0.05) is 18.0 Å². The maximum Gasteiger partial charge on any atom is 0.166 e. The second-order valence-electron chi connectivity index (χ2n) is 6.14. The Morgan fingerprint density at radius 3 is 2.70 bits per heavy atom. The summed E-state index contributed by atoms with van der Waals surface area (Å²) < 4.78 is 0. The lowest BCUT2D eigenvalue weighted by atomic mass is 9.98. The second-order valence-corrected chi connectivity index (χ2v) is 6.14. The van der Waals surface area contributed by atoms with Crippen molar-refractivity contribution in [2.45, 2.75) is 39.5 Å². The highest BCUT2D eigenvalue weighted by Gasteiger charge is 2.21. The SMILES string of the molecule is CCC1CCCN(CC(C)C(=O)c2ccccc2)CC1. The van der Waals surface area contributed by atoms with Gasteiger partial charge in [-0.3, -0.25) is 4.79 Å². The Bertz CT molecular complexity index is 415. The van der Waals surface area contributed by atoms with Crippen LogP contribution in [0, 0.1) is 11.8 Å². The molecule has 2 heteroatoms. The highest BCUT2D eigenvalue weighted by molar-refractivity contribution is 5.97. The van der Waals surface area contributed by atoms with E-state index in [0.29, 0.717) is 0 Å². The molecule has 1 aromatic rings. The minimum Gasteiger partial charge on any atom is -0.303 e. The summed E-state index contributed by atoms with van der Waals surface area (Å²) in [5.74, 6) is 1.26. The average Bonchev–Trinajstić information content (AvgIpc) is 2.72. The Kier molecular flexibility index (Phi) is 5.78. The zero-order valence-electron chi connectivity index (χ0n) is 12.8. The predicted molar refractivity (Wildman–Crippen MR) is 84.0 cm³/mol. The number of benzene rings is 1. The first-order valence-electron chi connectivity index (χ1n) is 8.02. The first kappa shape index (κ1) is 15.2. The summed E-state index contributed by atoms with van der Waals surface area (Å²) in [4.78, 5) is 14.9. The van der Waals surface area contributed by atoms with Crippen molar-refractivity contribution in [1.29, 1.82) is 0 Å². The summed E-state index contributed by atoms with van der Waals surface area (Å²) in [5.41, 5.74) is 0.848. The number of carbonyl (C=O) groups is 1. The molecule has 2 atom stereocenters. The summed E-state index contributed by atoms with van der Waals surface area (Å²) in [5, 5.41) is 0. The van der Waals surface area contributed by atoms with Crippen molar-refractivity contribution >= 4 is 5.78 Å². The third-order valence-electron chi connectivity index (χ3n) is 4.56. The molecule has 1 aliphatic heterocycles. The lowest BCUT2D eigenvalue weighted by Gasteiger charge is -2.23. The second kappa shape index (κ2) is 7.58. The van der Waals surface area contributed by atoms with Crippen molar-refractivity contribution in [3.63, 3.8) is 0 Å². The van der Waals surface area contributed by atoms with Crippen molar-refractivity contribution in [3.8, 4) is 0 Å². The largest absolute Gasteiger partial charge is 0.303 e. The molecule has 0 bridgehead atoms. The Labute approximate surface area is 123 Å². The third-order valence-corrected chi connectivity index (χ3v) is 4.56. The Morgan fingerprint density at radius 1 is 1.25 bits per heavy atom. The molecule has 1 fully saturated rings. The molecule has 0 N–H and O–H groups in total. The van der Waals surface area contributed by atoms with E-state index in [2.05, 4.69) is 18.7 Å². The standard InChI is InChI=1S/C18H27NO/c1-3-16-8-7-12-19(13-11-16)14-15(2)18(20)17-9-5-4-6-10-17/h4-6,9-10,15-16H,3,7-8,11-14H2,1-2H3. The van der Waals surface area contributed by atoms with Crippen molar-refractivity contribution in [2.75, 3.05) is 19.6 Å². The van der Waals surface area contributed by atoms with Crippen LogP contribution >= 0.6 is 0 Å². The molecule has 0 aliphatic carbocycles. The lowest BCUT2D eigenvalue weighted by Crippen LogP contribution is -2.32. The fourth-order valence-corrected chi connectivity index (χ4v) is 3.17. The van der Waals surface area contributed by atoms with Crippen LogP contribution in [0.1, 0.15) is 49.9 Å². The minimum absolute atomic E-state index is 0.0931. The van der Waals surface area contributed by atoms with Gasteiger partial charge in [0.2, 0.25) is 0 Å². The Hall–Kier alpha value is -1.15. The van der Waals surface area contributed by atoms with Gasteiger partial charge >= 0.3 is 0 Å². The van der Waals surface area contributed by atoms with Gasteiger partial charge in [-0.2, -0.15) is 0 Å². The van der Waals surface area contributed by atoms with Crippen LogP contribution in [0.5, 0.6) is 0 Å². The van der Waals surface area contributed by atoms with E-state index in [1.807, 2.05) is 30.3 Å². The summed E-state index contributed by atoms with van der Waals surface area (Å²) in [7, 11) is 0. The lowest BCUT2D eigenvalue weighted by molar-refractivity contribution is 0.0894. The van der Waals surface area contributed by atoms with E-state index in [0.717, 1.165) is 31.1 Å². The molecule has 1 saturated heterocycles. The maximum absolute atomic E-state index is 12.4. The van der Waals surface area contributed by atoms with Gasteiger partial charge in [-0.05, 0) is 38.3 Å². The molecule has 0 spiro atoms. The number of rotatable bonds is 5. The van der Waals surface area contributed by atoms with Crippen LogP contribution in [0.2, 0.25) is 0 Å². The topological polar surface area (TPSA) is 20.3 Å². The zero-order valence-corrected chi connectivity index (χ0v) is 12.8. The van der Waals surface area contributed by atoms with Gasteiger partial charge in [0.1, 0.15) is 0 Å². The number of carbonyl (C=O) groups excluding carboxylic acids is 1. The van der Waals surface area contributed by atoms with E-state index in [-0.39, 0.29) is 11.7 Å². The fourth-order valence-electron chi connectivity index (χ4n) is 3.17. The van der Waals surface area contributed by atoms with E-state index in [4.69, 9.17) is 0 Å². The fraction of sp³-hybridized carbons (Fsp3) is 0.611. The molecular weight excluding hydrogens is 246 g/mol. The molecular formula is C18H27NO. The molecule has 2 rings (SSSR count). The summed E-state index contributed by atoms with van der Waals surface area (Å²) in [6.45, 7) is 7.58. The predicted octanol–water partition coefficient (Wildman–Crippen LogP) is 4.02. The number of Topliss-reactive ketones (excluding diaryl/α,β-unsaturated/α-hetero) is 1. The molecule has 2 unspecified atom stereocenters. The normalized spacial score (nSPS) is 22.2. The number of hydrogen-bond acceptors (Lipinski definition) is 2. The van der Waals surface area contributed by atoms with Crippen LogP contribution in [-0.2, 0) is 0 Å². The number of ketones is 1. The van der Waals surface area contributed by atoms with Gasteiger partial charge in [0.05, 0.1) is 0 Å². The van der Waals surface area contributed by atoms with E-state index in [1.54, 1.807) is 0 Å². The van der Waals surface area contributed by atoms with Crippen LogP contribution in [0.4, 0.5) is 0 Å². The monoisotopic (exact) mass is 273 g/mol. The van der Waals surface area contributed by atoms with Crippen LogP contribution in [0.15, 0.2) is 30.3 Å². The van der Waals surface area contributed by atoms with Crippen molar-refractivity contribution in [1.82, 2.24) is 4.90 Å². The molecule has 1 heterocycles. The molecule has 0 saturated carbocycles. The number of nitrogens with zero attached hydrogens (tertiary/aromatic N) is 1. The van der Waals surface area contributed by atoms with E-state index in [1.165, 1.54) is 25.7 Å². The van der Waals surface area contributed by atoms with Crippen LogP contribution in [0.3, 0.4) is 0 Å². The van der Waals surface area contributed by atoms with Crippen molar-refractivity contribution in [3.05, 3.63) is 35.9 Å².